The molecule has 3 N–H and O–H groups in total. The fraction of sp³-hybridized carbons (Fsp3) is 0.250. The molecular formula is C8H12N4. The Kier molecular flexibility index (Phi) is 2.63. The minimum atomic E-state index is 0.145. The standard InChI is InChI=1S/C8H12N4/c1-3-6(2)11-8-10-5-4-7(9)12-8/h3-6H,1H2,2H3,(H3,9,10,11,12). The molecule has 64 valence electrons. The SMILES string of the molecule is C=CC(C)Nc1nccc(N)n1. The zero-order valence-electron chi connectivity index (χ0n) is 6.99. The Hall–Kier alpha value is -1.58. The predicted octanol–water partition coefficient (Wildman–Crippen LogP) is 1.05. The molecule has 0 aliphatic carbocycles. The first-order chi connectivity index (χ1) is 5.72. The van der Waals surface area contributed by atoms with Crippen LogP contribution in [0.5, 0.6) is 0 Å². The van der Waals surface area contributed by atoms with Crippen molar-refractivity contribution in [1.29, 1.82) is 0 Å². The molecule has 0 spiro atoms. The van der Waals surface area contributed by atoms with Gasteiger partial charge in [0.15, 0.2) is 0 Å². The number of nitrogens with one attached hydrogen (secondary N) is 1. The summed E-state index contributed by atoms with van der Waals surface area (Å²) in [5.74, 6) is 0.992. The van der Waals surface area contributed by atoms with Crippen LogP contribution in [0, 0.1) is 0 Å². The summed E-state index contributed by atoms with van der Waals surface area (Å²) in [5, 5.41) is 3.01. The second-order valence-corrected chi connectivity index (χ2v) is 2.47. The second-order valence-electron chi connectivity index (χ2n) is 2.47. The topological polar surface area (TPSA) is 63.8 Å². The summed E-state index contributed by atoms with van der Waals surface area (Å²) in [6.45, 7) is 5.59. The molecule has 0 radical (unpaired) electrons. The highest BCUT2D eigenvalue weighted by Gasteiger charge is 1.98. The van der Waals surface area contributed by atoms with Gasteiger partial charge in [-0.1, -0.05) is 6.08 Å². The van der Waals surface area contributed by atoms with Gasteiger partial charge in [0.25, 0.3) is 0 Å². The molecule has 4 nitrogen and oxygen atoms in total. The molecule has 1 unspecified atom stereocenters. The minimum Gasteiger partial charge on any atom is -0.384 e. The van der Waals surface area contributed by atoms with E-state index in [9.17, 15) is 0 Å². The number of nitrogen functional groups attached to an aromatic ring is 1. The largest absolute Gasteiger partial charge is 0.384 e. The van der Waals surface area contributed by atoms with Crippen molar-refractivity contribution in [2.24, 2.45) is 0 Å². The zero-order valence-corrected chi connectivity index (χ0v) is 6.99. The number of hydrogen-bond donors (Lipinski definition) is 2. The smallest absolute Gasteiger partial charge is 0.225 e. The van der Waals surface area contributed by atoms with Crippen LogP contribution < -0.4 is 11.1 Å². The molecule has 1 rings (SSSR count). The lowest BCUT2D eigenvalue weighted by atomic mass is 10.3. The van der Waals surface area contributed by atoms with E-state index in [1.54, 1.807) is 18.3 Å². The summed E-state index contributed by atoms with van der Waals surface area (Å²) < 4.78 is 0. The molecule has 0 amide bonds. The Morgan fingerprint density at radius 3 is 3.08 bits per heavy atom. The van der Waals surface area contributed by atoms with Gasteiger partial charge >= 0.3 is 0 Å². The molecule has 1 aromatic rings. The lowest BCUT2D eigenvalue weighted by Gasteiger charge is -2.07. The molecular weight excluding hydrogens is 152 g/mol. The van der Waals surface area contributed by atoms with Gasteiger partial charge in [0.05, 0.1) is 0 Å². The third-order valence-electron chi connectivity index (χ3n) is 1.39. The summed E-state index contributed by atoms with van der Waals surface area (Å²) >= 11 is 0. The van der Waals surface area contributed by atoms with Gasteiger partial charge in [-0.05, 0) is 13.0 Å². The van der Waals surface area contributed by atoms with Crippen LogP contribution in [0.2, 0.25) is 0 Å². The van der Waals surface area contributed by atoms with Crippen LogP contribution in [0.4, 0.5) is 11.8 Å². The summed E-state index contributed by atoms with van der Waals surface area (Å²) in [4.78, 5) is 7.95. The fourth-order valence-electron chi connectivity index (χ4n) is 0.705. The Bertz CT molecular complexity index is 272. The highest BCUT2D eigenvalue weighted by Crippen LogP contribution is 2.02. The van der Waals surface area contributed by atoms with Crippen LogP contribution in [0.15, 0.2) is 24.9 Å². The van der Waals surface area contributed by atoms with E-state index in [1.165, 1.54) is 0 Å². The Morgan fingerprint density at radius 1 is 1.75 bits per heavy atom. The van der Waals surface area contributed by atoms with Gasteiger partial charge in [0, 0.05) is 12.2 Å². The van der Waals surface area contributed by atoms with Gasteiger partial charge in [0.1, 0.15) is 5.82 Å². The quantitative estimate of drug-likeness (QED) is 0.655. The Morgan fingerprint density at radius 2 is 2.50 bits per heavy atom. The highest BCUT2D eigenvalue weighted by atomic mass is 15.1. The summed E-state index contributed by atoms with van der Waals surface area (Å²) in [6.07, 6.45) is 3.38. The first kappa shape index (κ1) is 8.52. The molecule has 0 saturated carbocycles. The van der Waals surface area contributed by atoms with E-state index >= 15 is 0 Å². The van der Waals surface area contributed by atoms with E-state index in [4.69, 9.17) is 5.73 Å². The maximum absolute atomic E-state index is 5.46. The molecule has 0 aliphatic rings. The maximum Gasteiger partial charge on any atom is 0.225 e. The van der Waals surface area contributed by atoms with Crippen molar-refractivity contribution < 1.29 is 0 Å². The van der Waals surface area contributed by atoms with Crippen LogP contribution in [-0.2, 0) is 0 Å². The highest BCUT2D eigenvalue weighted by molar-refractivity contribution is 5.36. The van der Waals surface area contributed by atoms with Gasteiger partial charge in [-0.3, -0.25) is 0 Å². The van der Waals surface area contributed by atoms with Crippen LogP contribution in [0.1, 0.15) is 6.92 Å². The number of hydrogen-bond acceptors (Lipinski definition) is 4. The minimum absolute atomic E-state index is 0.145. The number of rotatable bonds is 3. The maximum atomic E-state index is 5.46. The third kappa shape index (κ3) is 2.23. The molecule has 12 heavy (non-hydrogen) atoms. The van der Waals surface area contributed by atoms with Crippen LogP contribution >= 0.6 is 0 Å². The third-order valence-corrected chi connectivity index (χ3v) is 1.39. The molecule has 0 fully saturated rings. The lowest BCUT2D eigenvalue weighted by Crippen LogP contribution is -2.14. The summed E-state index contributed by atoms with van der Waals surface area (Å²) in [7, 11) is 0. The second kappa shape index (κ2) is 3.71. The molecule has 0 aromatic carbocycles. The van der Waals surface area contributed by atoms with Crippen molar-refractivity contribution in [3.63, 3.8) is 0 Å². The monoisotopic (exact) mass is 164 g/mol. The first-order valence-electron chi connectivity index (χ1n) is 3.70. The van der Waals surface area contributed by atoms with Crippen molar-refractivity contribution in [3.05, 3.63) is 24.9 Å². The van der Waals surface area contributed by atoms with Crippen molar-refractivity contribution >= 4 is 11.8 Å². The van der Waals surface area contributed by atoms with E-state index in [2.05, 4.69) is 21.9 Å². The van der Waals surface area contributed by atoms with Crippen molar-refractivity contribution in [3.8, 4) is 0 Å². The Labute approximate surface area is 71.5 Å². The average Bonchev–Trinajstić information content (AvgIpc) is 2.04. The number of aromatic nitrogens is 2. The van der Waals surface area contributed by atoms with E-state index < -0.39 is 0 Å². The zero-order chi connectivity index (χ0) is 8.97. The Balaban J connectivity index is 2.69. The van der Waals surface area contributed by atoms with Crippen molar-refractivity contribution in [2.75, 3.05) is 11.1 Å². The average molecular weight is 164 g/mol. The van der Waals surface area contributed by atoms with Crippen LogP contribution in [0.25, 0.3) is 0 Å². The van der Waals surface area contributed by atoms with Gasteiger partial charge in [-0.15, -0.1) is 6.58 Å². The molecule has 0 aliphatic heterocycles. The summed E-state index contributed by atoms with van der Waals surface area (Å²) in [6, 6.07) is 1.79. The first-order valence-corrected chi connectivity index (χ1v) is 3.70. The van der Waals surface area contributed by atoms with Gasteiger partial charge in [0.2, 0.25) is 5.95 Å². The number of nitrogens with zero attached hydrogens (tertiary/aromatic N) is 2. The molecule has 0 saturated heterocycles. The van der Waals surface area contributed by atoms with Crippen LogP contribution in [0.3, 0.4) is 0 Å². The predicted molar refractivity (Wildman–Crippen MR) is 49.7 cm³/mol. The number of nitrogens with two attached hydrogens (primary N) is 1. The van der Waals surface area contributed by atoms with Gasteiger partial charge in [-0.2, -0.15) is 4.98 Å². The summed E-state index contributed by atoms with van der Waals surface area (Å²) in [5.41, 5.74) is 5.46. The molecule has 4 heteroatoms. The van der Waals surface area contributed by atoms with Crippen molar-refractivity contribution in [1.82, 2.24) is 9.97 Å². The van der Waals surface area contributed by atoms with E-state index in [0.29, 0.717) is 11.8 Å². The van der Waals surface area contributed by atoms with Gasteiger partial charge < -0.3 is 11.1 Å². The molecule has 1 heterocycles. The molecule has 1 aromatic heterocycles. The molecule has 0 bridgehead atoms. The van der Waals surface area contributed by atoms with E-state index in [1.807, 2.05) is 6.92 Å². The van der Waals surface area contributed by atoms with Crippen LogP contribution in [-0.4, -0.2) is 16.0 Å². The van der Waals surface area contributed by atoms with E-state index in [0.717, 1.165) is 0 Å². The number of anilines is 2. The van der Waals surface area contributed by atoms with Crippen molar-refractivity contribution in [2.45, 2.75) is 13.0 Å². The van der Waals surface area contributed by atoms with Gasteiger partial charge in [-0.25, -0.2) is 4.98 Å². The lowest BCUT2D eigenvalue weighted by molar-refractivity contribution is 0.959. The fourth-order valence-corrected chi connectivity index (χ4v) is 0.705. The van der Waals surface area contributed by atoms with E-state index in [-0.39, 0.29) is 6.04 Å². The molecule has 1 atom stereocenters. The normalized spacial score (nSPS) is 12.1.